The number of rotatable bonds is 3. The second-order valence-corrected chi connectivity index (χ2v) is 6.04. The highest BCUT2D eigenvalue weighted by Crippen LogP contribution is 2.27. The molecule has 0 saturated carbocycles. The van der Waals surface area contributed by atoms with E-state index in [4.69, 9.17) is 0 Å². The van der Waals surface area contributed by atoms with Gasteiger partial charge in [0.15, 0.2) is 0 Å². The molecule has 0 radical (unpaired) electrons. The van der Waals surface area contributed by atoms with E-state index in [0.29, 0.717) is 6.04 Å². The first-order chi connectivity index (χ1) is 7.66. The number of hydrogen-bond donors (Lipinski definition) is 1. The average Bonchev–Trinajstić information content (AvgIpc) is 2.64. The Balaban J connectivity index is 2.14. The van der Waals surface area contributed by atoms with Gasteiger partial charge in [0.2, 0.25) is 0 Å². The van der Waals surface area contributed by atoms with E-state index in [1.165, 1.54) is 19.7 Å². The highest BCUT2D eigenvalue weighted by Gasteiger charge is 2.09. The van der Waals surface area contributed by atoms with E-state index in [2.05, 4.69) is 77.5 Å². The third kappa shape index (κ3) is 2.77. The van der Waals surface area contributed by atoms with Gasteiger partial charge >= 0.3 is 0 Å². The van der Waals surface area contributed by atoms with E-state index >= 15 is 0 Å². The van der Waals surface area contributed by atoms with Gasteiger partial charge in [0.25, 0.3) is 0 Å². The van der Waals surface area contributed by atoms with Gasteiger partial charge in [0.1, 0.15) is 0 Å². The first-order valence-electron chi connectivity index (χ1n) is 5.23. The van der Waals surface area contributed by atoms with Crippen molar-refractivity contribution in [2.45, 2.75) is 19.9 Å². The van der Waals surface area contributed by atoms with Gasteiger partial charge in [0.05, 0.1) is 6.04 Å². The molecule has 1 nitrogen and oxygen atoms in total. The van der Waals surface area contributed by atoms with Crippen molar-refractivity contribution in [1.82, 2.24) is 0 Å². The van der Waals surface area contributed by atoms with Gasteiger partial charge in [-0.15, -0.1) is 11.3 Å². The summed E-state index contributed by atoms with van der Waals surface area (Å²) in [5.74, 6) is 0. The van der Waals surface area contributed by atoms with Gasteiger partial charge in [-0.05, 0) is 71.6 Å². The predicted octanol–water partition coefficient (Wildman–Crippen LogP) is 4.83. The number of benzene rings is 1. The first-order valence-corrected chi connectivity index (χ1v) is 7.19. The van der Waals surface area contributed by atoms with Crippen molar-refractivity contribution in [3.63, 3.8) is 0 Å². The Morgan fingerprint density at radius 1 is 1.31 bits per heavy atom. The molecule has 0 amide bonds. The van der Waals surface area contributed by atoms with Crippen LogP contribution in [0.5, 0.6) is 0 Å². The van der Waals surface area contributed by atoms with Crippen molar-refractivity contribution in [2.24, 2.45) is 0 Å². The molecular weight excluding hydrogens is 329 g/mol. The lowest BCUT2D eigenvalue weighted by molar-refractivity contribution is 0.899. The van der Waals surface area contributed by atoms with Crippen molar-refractivity contribution in [3.8, 4) is 0 Å². The monoisotopic (exact) mass is 343 g/mol. The highest BCUT2D eigenvalue weighted by molar-refractivity contribution is 14.1. The summed E-state index contributed by atoms with van der Waals surface area (Å²) in [7, 11) is 0. The molecule has 0 bridgehead atoms. The fraction of sp³-hybridized carbons (Fsp3) is 0.231. The molecule has 1 heterocycles. The molecule has 16 heavy (non-hydrogen) atoms. The van der Waals surface area contributed by atoms with Crippen LogP contribution < -0.4 is 5.32 Å². The molecule has 1 atom stereocenters. The maximum Gasteiger partial charge on any atom is 0.0581 e. The van der Waals surface area contributed by atoms with E-state index in [9.17, 15) is 0 Å². The van der Waals surface area contributed by atoms with Crippen LogP contribution in [0.25, 0.3) is 0 Å². The van der Waals surface area contributed by atoms with Crippen LogP contribution >= 0.6 is 33.9 Å². The number of aryl methyl sites for hydroxylation is 1. The zero-order valence-electron chi connectivity index (χ0n) is 9.33. The Labute approximate surface area is 114 Å². The molecule has 1 aromatic carbocycles. The summed E-state index contributed by atoms with van der Waals surface area (Å²) >= 11 is 4.15. The molecule has 1 aromatic heterocycles. The Morgan fingerprint density at radius 2 is 2.12 bits per heavy atom. The smallest absolute Gasteiger partial charge is 0.0581 e. The third-order valence-electron chi connectivity index (χ3n) is 2.50. The minimum atomic E-state index is 0.373. The van der Waals surface area contributed by atoms with Gasteiger partial charge < -0.3 is 5.32 Å². The SMILES string of the molecule is Cc1ccsc1C(C)Nc1cccc(I)c1. The standard InChI is InChI=1S/C13H14INS/c1-9-6-7-16-13(9)10(2)15-12-5-3-4-11(14)8-12/h3-8,10,15H,1-2H3. The normalized spacial score (nSPS) is 12.4. The van der Waals surface area contributed by atoms with Crippen LogP contribution in [0.3, 0.4) is 0 Å². The molecule has 0 aliphatic heterocycles. The quantitative estimate of drug-likeness (QED) is 0.787. The molecule has 1 N–H and O–H groups in total. The Morgan fingerprint density at radius 3 is 2.75 bits per heavy atom. The van der Waals surface area contributed by atoms with Crippen LogP contribution in [0.2, 0.25) is 0 Å². The van der Waals surface area contributed by atoms with Gasteiger partial charge in [-0.1, -0.05) is 6.07 Å². The van der Waals surface area contributed by atoms with Crippen LogP contribution in [0.1, 0.15) is 23.4 Å². The van der Waals surface area contributed by atoms with Crippen molar-refractivity contribution in [2.75, 3.05) is 5.32 Å². The summed E-state index contributed by atoms with van der Waals surface area (Å²) in [6.07, 6.45) is 0. The topological polar surface area (TPSA) is 12.0 Å². The van der Waals surface area contributed by atoms with Crippen molar-refractivity contribution in [1.29, 1.82) is 0 Å². The summed E-state index contributed by atoms with van der Waals surface area (Å²) in [4.78, 5) is 1.42. The lowest BCUT2D eigenvalue weighted by atomic mass is 10.2. The number of hydrogen-bond acceptors (Lipinski definition) is 2. The summed E-state index contributed by atoms with van der Waals surface area (Å²) in [5.41, 5.74) is 2.56. The largest absolute Gasteiger partial charge is 0.378 e. The van der Waals surface area contributed by atoms with Crippen molar-refractivity contribution >= 4 is 39.6 Å². The van der Waals surface area contributed by atoms with Crippen LogP contribution in [0.4, 0.5) is 5.69 Å². The molecule has 2 aromatic rings. The fourth-order valence-corrected chi connectivity index (χ4v) is 3.20. The van der Waals surface area contributed by atoms with Crippen LogP contribution in [-0.2, 0) is 0 Å². The number of thiophene rings is 1. The third-order valence-corrected chi connectivity index (χ3v) is 4.38. The fourth-order valence-electron chi connectivity index (χ4n) is 1.72. The van der Waals surface area contributed by atoms with E-state index < -0.39 is 0 Å². The van der Waals surface area contributed by atoms with Gasteiger partial charge in [-0.2, -0.15) is 0 Å². The Hall–Kier alpha value is -0.550. The zero-order chi connectivity index (χ0) is 11.5. The maximum atomic E-state index is 3.53. The average molecular weight is 343 g/mol. The van der Waals surface area contributed by atoms with Gasteiger partial charge in [0, 0.05) is 14.1 Å². The molecule has 2 rings (SSSR count). The molecule has 0 aliphatic carbocycles. The van der Waals surface area contributed by atoms with Crippen LogP contribution in [0, 0.1) is 10.5 Å². The maximum absolute atomic E-state index is 3.53. The molecule has 0 fully saturated rings. The summed E-state index contributed by atoms with van der Waals surface area (Å²) < 4.78 is 1.26. The number of halogens is 1. The molecule has 84 valence electrons. The molecule has 0 spiro atoms. The number of nitrogens with one attached hydrogen (secondary N) is 1. The van der Waals surface area contributed by atoms with Crippen LogP contribution in [-0.4, -0.2) is 0 Å². The first kappa shape index (κ1) is 11.9. The zero-order valence-corrected chi connectivity index (χ0v) is 12.3. The molecule has 3 heteroatoms. The predicted molar refractivity (Wildman–Crippen MR) is 80.3 cm³/mol. The lowest BCUT2D eigenvalue weighted by Crippen LogP contribution is -2.05. The van der Waals surface area contributed by atoms with E-state index in [0.717, 1.165) is 0 Å². The van der Waals surface area contributed by atoms with E-state index in [1.807, 2.05) is 11.3 Å². The minimum absolute atomic E-state index is 0.373. The molecular formula is C13H14INS. The Bertz CT molecular complexity index is 478. The summed E-state index contributed by atoms with van der Waals surface area (Å²) in [5, 5.41) is 5.68. The van der Waals surface area contributed by atoms with E-state index in [1.54, 1.807) is 0 Å². The lowest BCUT2D eigenvalue weighted by Gasteiger charge is -2.15. The second-order valence-electron chi connectivity index (χ2n) is 3.84. The second kappa shape index (κ2) is 5.19. The molecule has 0 aliphatic rings. The van der Waals surface area contributed by atoms with Crippen molar-refractivity contribution in [3.05, 3.63) is 49.7 Å². The molecule has 0 saturated heterocycles. The Kier molecular flexibility index (Phi) is 3.86. The van der Waals surface area contributed by atoms with Crippen molar-refractivity contribution < 1.29 is 0 Å². The summed E-state index contributed by atoms with van der Waals surface area (Å²) in [6.45, 7) is 4.37. The minimum Gasteiger partial charge on any atom is -0.378 e. The van der Waals surface area contributed by atoms with E-state index in [-0.39, 0.29) is 0 Å². The van der Waals surface area contributed by atoms with Gasteiger partial charge in [-0.25, -0.2) is 0 Å². The van der Waals surface area contributed by atoms with Crippen LogP contribution in [0.15, 0.2) is 35.7 Å². The molecule has 1 unspecified atom stereocenters. The summed E-state index contributed by atoms with van der Waals surface area (Å²) in [6, 6.07) is 11.0. The van der Waals surface area contributed by atoms with Gasteiger partial charge in [-0.3, -0.25) is 0 Å². The highest BCUT2D eigenvalue weighted by atomic mass is 127. The number of anilines is 1.